The van der Waals surface area contributed by atoms with Crippen LogP contribution in [0.3, 0.4) is 0 Å². The van der Waals surface area contributed by atoms with Gasteiger partial charge in [-0.25, -0.2) is 4.79 Å². The molecule has 1 atom stereocenters. The van der Waals surface area contributed by atoms with Crippen LogP contribution in [0.2, 0.25) is 0 Å². The number of rotatable bonds is 19. The molecule has 0 fully saturated rings. The smallest absolute Gasteiger partial charge is 0.328 e. The maximum atomic E-state index is 11.5. The molecule has 7 heteroatoms. The highest BCUT2D eigenvalue weighted by atomic mass is 16.7. The summed E-state index contributed by atoms with van der Waals surface area (Å²) >= 11 is 0. The number of unbranched alkanes of at least 4 members (excludes halogenated alkanes) is 11. The number of aliphatic hydroxyl groups is 3. The predicted octanol–water partition coefficient (Wildman–Crippen LogP) is 5.34. The van der Waals surface area contributed by atoms with Gasteiger partial charge in [-0.15, -0.1) is 0 Å². The number of carboxylic acids is 1. The molecule has 0 aromatic heterocycles. The Kier molecular flexibility index (Phi) is 20.5. The van der Waals surface area contributed by atoms with E-state index in [4.69, 9.17) is 26.2 Å². The van der Waals surface area contributed by atoms with Crippen molar-refractivity contribution in [3.8, 4) is 0 Å². The molecule has 0 saturated carbocycles. The lowest BCUT2D eigenvalue weighted by molar-refractivity contribution is -0.317. The van der Waals surface area contributed by atoms with Crippen LogP contribution in [-0.2, 0) is 9.59 Å². The van der Waals surface area contributed by atoms with Gasteiger partial charge in [-0.2, -0.15) is 0 Å². The van der Waals surface area contributed by atoms with Crippen LogP contribution in [0.25, 0.3) is 6.08 Å². The Morgan fingerprint density at radius 2 is 1.33 bits per heavy atom. The van der Waals surface area contributed by atoms with Crippen molar-refractivity contribution in [1.82, 2.24) is 0 Å². The fourth-order valence-corrected chi connectivity index (χ4v) is 3.47. The van der Waals surface area contributed by atoms with Gasteiger partial charge in [0, 0.05) is 12.5 Å². The van der Waals surface area contributed by atoms with Crippen molar-refractivity contribution in [2.45, 2.75) is 109 Å². The standard InChI is InChI=1S/C20H39NO4.C9H8O2/c1-2-3-4-5-6-7-8-9-10-11-12-13-14-15-16-17-18(22)19(21)20(23,24)25;10-9(11)7-6-8-4-2-1-3-5-8/h9-10,19,23-25H,2-8,11-17,21H2,1H3;1-7H,(H,10,11). The molecular formula is C29H47NO6. The minimum absolute atomic E-state index is 0.169. The van der Waals surface area contributed by atoms with Gasteiger partial charge < -0.3 is 26.2 Å². The topological polar surface area (TPSA) is 141 Å². The number of hydrogen-bond acceptors (Lipinski definition) is 6. The van der Waals surface area contributed by atoms with Crippen molar-refractivity contribution in [2.24, 2.45) is 5.73 Å². The molecule has 1 unspecified atom stereocenters. The highest BCUT2D eigenvalue weighted by molar-refractivity contribution is 5.85. The van der Waals surface area contributed by atoms with Crippen LogP contribution in [0.15, 0.2) is 48.6 Å². The van der Waals surface area contributed by atoms with Crippen LogP contribution >= 0.6 is 0 Å². The summed E-state index contributed by atoms with van der Waals surface area (Å²) in [6.45, 7) is 2.24. The molecule has 6 N–H and O–H groups in total. The third kappa shape index (κ3) is 21.0. The molecule has 0 bridgehead atoms. The van der Waals surface area contributed by atoms with Crippen molar-refractivity contribution in [3.63, 3.8) is 0 Å². The van der Waals surface area contributed by atoms with Crippen molar-refractivity contribution < 1.29 is 30.0 Å². The van der Waals surface area contributed by atoms with Crippen LogP contribution in [0.4, 0.5) is 0 Å². The number of carbonyl (C=O) groups is 2. The summed E-state index contributed by atoms with van der Waals surface area (Å²) in [6.07, 6.45) is 22.7. The van der Waals surface area contributed by atoms with E-state index in [1.807, 2.05) is 30.3 Å². The van der Waals surface area contributed by atoms with Crippen LogP contribution in [0.5, 0.6) is 0 Å². The monoisotopic (exact) mass is 505 g/mol. The molecular weight excluding hydrogens is 458 g/mol. The van der Waals surface area contributed by atoms with Gasteiger partial charge in [-0.05, 0) is 43.7 Å². The SMILES string of the molecule is CCCCCCCCC=CCCCCCCCC(=O)C(N)C(O)(O)O.O=C(O)C=Cc1ccccc1. The number of hydrogen-bond donors (Lipinski definition) is 5. The number of aliphatic carboxylic acids is 1. The minimum atomic E-state index is -3.11. The fourth-order valence-electron chi connectivity index (χ4n) is 3.47. The third-order valence-corrected chi connectivity index (χ3v) is 5.67. The van der Waals surface area contributed by atoms with Crippen molar-refractivity contribution >= 4 is 17.8 Å². The quantitative estimate of drug-likeness (QED) is 0.0740. The lowest BCUT2D eigenvalue weighted by Crippen LogP contribution is -2.52. The molecule has 0 aliphatic carbocycles. The average Bonchev–Trinajstić information content (AvgIpc) is 2.85. The first-order valence-electron chi connectivity index (χ1n) is 13.2. The summed E-state index contributed by atoms with van der Waals surface area (Å²) < 4.78 is 0. The molecule has 204 valence electrons. The summed E-state index contributed by atoms with van der Waals surface area (Å²) in [5.74, 6) is -4.56. The van der Waals surface area contributed by atoms with Crippen molar-refractivity contribution in [2.75, 3.05) is 0 Å². The van der Waals surface area contributed by atoms with E-state index in [2.05, 4.69) is 19.1 Å². The Bertz CT molecular complexity index is 740. The van der Waals surface area contributed by atoms with E-state index >= 15 is 0 Å². The Balaban J connectivity index is 0.000000918. The van der Waals surface area contributed by atoms with Crippen molar-refractivity contribution in [3.05, 3.63) is 54.1 Å². The van der Waals surface area contributed by atoms with E-state index < -0.39 is 23.8 Å². The van der Waals surface area contributed by atoms with Gasteiger partial charge >= 0.3 is 5.97 Å². The molecule has 0 spiro atoms. The lowest BCUT2D eigenvalue weighted by atomic mass is 10.0. The maximum Gasteiger partial charge on any atom is 0.328 e. The molecule has 0 aliphatic rings. The van der Waals surface area contributed by atoms with E-state index in [1.165, 1.54) is 44.9 Å². The lowest BCUT2D eigenvalue weighted by Gasteiger charge is -2.20. The summed E-state index contributed by atoms with van der Waals surface area (Å²) in [4.78, 5) is 21.6. The summed E-state index contributed by atoms with van der Waals surface area (Å²) in [6, 6.07) is 7.66. The van der Waals surface area contributed by atoms with Crippen LogP contribution in [-0.4, -0.2) is 44.2 Å². The minimum Gasteiger partial charge on any atom is -0.478 e. The summed E-state index contributed by atoms with van der Waals surface area (Å²) in [5, 5.41) is 34.8. The molecule has 7 nitrogen and oxygen atoms in total. The van der Waals surface area contributed by atoms with E-state index in [-0.39, 0.29) is 6.42 Å². The van der Waals surface area contributed by atoms with Gasteiger partial charge in [-0.1, -0.05) is 101 Å². The van der Waals surface area contributed by atoms with Gasteiger partial charge in [-0.3, -0.25) is 4.79 Å². The Morgan fingerprint density at radius 3 is 1.83 bits per heavy atom. The van der Waals surface area contributed by atoms with Crippen LogP contribution < -0.4 is 5.73 Å². The highest BCUT2D eigenvalue weighted by Crippen LogP contribution is 2.11. The molecule has 0 saturated heterocycles. The second-order valence-electron chi connectivity index (χ2n) is 9.05. The second-order valence-corrected chi connectivity index (χ2v) is 9.05. The molecule has 0 radical (unpaired) electrons. The molecule has 0 aliphatic heterocycles. The van der Waals surface area contributed by atoms with Crippen LogP contribution in [0.1, 0.15) is 102 Å². The zero-order valence-corrected chi connectivity index (χ0v) is 21.9. The summed E-state index contributed by atoms with van der Waals surface area (Å²) in [7, 11) is 0. The molecule has 0 heterocycles. The number of carboxylic acid groups (broad SMARTS) is 1. The first-order chi connectivity index (χ1) is 17.2. The number of Topliss-reactive ketones (excluding diaryl/α,β-unsaturated/α-hetero) is 1. The fraction of sp³-hybridized carbons (Fsp3) is 0.586. The van der Waals surface area contributed by atoms with Crippen LogP contribution in [0, 0.1) is 0 Å². The number of carbonyl (C=O) groups excluding carboxylic acids is 1. The number of nitrogens with two attached hydrogens (primary N) is 1. The van der Waals surface area contributed by atoms with E-state index in [0.29, 0.717) is 6.42 Å². The van der Waals surface area contributed by atoms with Gasteiger partial charge in [0.1, 0.15) is 6.04 Å². The zero-order valence-electron chi connectivity index (χ0n) is 21.9. The maximum absolute atomic E-state index is 11.5. The number of benzene rings is 1. The Hall–Kier alpha value is -2.32. The Morgan fingerprint density at radius 1 is 0.833 bits per heavy atom. The average molecular weight is 506 g/mol. The first-order valence-corrected chi connectivity index (χ1v) is 13.2. The largest absolute Gasteiger partial charge is 0.478 e. The zero-order chi connectivity index (χ0) is 27.1. The summed E-state index contributed by atoms with van der Waals surface area (Å²) in [5.41, 5.74) is 6.15. The molecule has 1 aromatic carbocycles. The van der Waals surface area contributed by atoms with E-state index in [9.17, 15) is 9.59 Å². The number of allylic oxidation sites excluding steroid dienone is 2. The van der Waals surface area contributed by atoms with Crippen molar-refractivity contribution in [1.29, 1.82) is 0 Å². The van der Waals surface area contributed by atoms with E-state index in [1.54, 1.807) is 6.08 Å². The predicted molar refractivity (Wildman–Crippen MR) is 145 cm³/mol. The molecule has 1 aromatic rings. The first kappa shape index (κ1) is 33.7. The highest BCUT2D eigenvalue weighted by Gasteiger charge is 2.34. The molecule has 0 amide bonds. The third-order valence-electron chi connectivity index (χ3n) is 5.67. The number of ketones is 1. The van der Waals surface area contributed by atoms with Gasteiger partial charge in [0.05, 0.1) is 0 Å². The normalized spacial score (nSPS) is 12.5. The van der Waals surface area contributed by atoms with Gasteiger partial charge in [0.25, 0.3) is 5.97 Å². The Labute approximate surface area is 216 Å². The van der Waals surface area contributed by atoms with Gasteiger partial charge in [0.2, 0.25) is 0 Å². The van der Waals surface area contributed by atoms with Gasteiger partial charge in [0.15, 0.2) is 5.78 Å². The molecule has 1 rings (SSSR count). The molecule has 36 heavy (non-hydrogen) atoms. The second kappa shape index (κ2) is 21.9. The van der Waals surface area contributed by atoms with E-state index in [0.717, 1.165) is 43.7 Å².